The average molecular weight is 271 g/mol. The number of hydrogen-bond acceptors (Lipinski definition) is 8. The van der Waals surface area contributed by atoms with E-state index in [4.69, 9.17) is 19.0 Å². The van der Waals surface area contributed by atoms with Crippen molar-refractivity contribution < 1.29 is 44.5 Å². The summed E-state index contributed by atoms with van der Waals surface area (Å²) in [5.41, 5.74) is 0. The highest BCUT2D eigenvalue weighted by molar-refractivity contribution is 7.83. The highest BCUT2D eigenvalue weighted by Gasteiger charge is 2.13. The molecular formula is C2H9NO10S2. The van der Waals surface area contributed by atoms with Crippen LogP contribution in [0, 0.1) is 0 Å². The van der Waals surface area contributed by atoms with Gasteiger partial charge in [-0.15, -0.1) is 0 Å². The number of carboxylic acid groups (broad SMARTS) is 1. The largest absolute Gasteiger partial charge is 0.481 e. The Morgan fingerprint density at radius 3 is 1.20 bits per heavy atom. The van der Waals surface area contributed by atoms with E-state index < -0.39 is 26.8 Å². The Balaban J connectivity index is -0.000000249. The number of rotatable bonds is 3. The van der Waals surface area contributed by atoms with Gasteiger partial charge in [-0.3, -0.25) is 13.9 Å². The second-order valence-electron chi connectivity index (χ2n) is 1.51. The molecule has 0 aliphatic heterocycles. The van der Waals surface area contributed by atoms with Gasteiger partial charge in [0, 0.05) is 6.92 Å². The van der Waals surface area contributed by atoms with Gasteiger partial charge in [-0.05, 0) is 0 Å². The van der Waals surface area contributed by atoms with E-state index in [0.717, 1.165) is 6.92 Å². The van der Waals surface area contributed by atoms with E-state index in [-0.39, 0.29) is 6.15 Å². The van der Waals surface area contributed by atoms with Crippen LogP contribution in [0.25, 0.3) is 0 Å². The van der Waals surface area contributed by atoms with Gasteiger partial charge < -0.3 is 11.3 Å². The van der Waals surface area contributed by atoms with E-state index in [9.17, 15) is 16.8 Å². The van der Waals surface area contributed by atoms with Crippen molar-refractivity contribution in [3.8, 4) is 0 Å². The summed E-state index contributed by atoms with van der Waals surface area (Å²) >= 11 is 0. The molecule has 0 amide bonds. The standard InChI is InChI=1S/C2H4O2.H3N.H2O8S2/c1-2(3)4;;1-9(2,3)7-8-10(4,5)6/h1H3,(H,3,4);1H3;(H,1,2,3)(H,4,5,6). The lowest BCUT2D eigenvalue weighted by Gasteiger charge is -1.92. The molecule has 11 nitrogen and oxygen atoms in total. The van der Waals surface area contributed by atoms with Crippen LogP contribution in [0.1, 0.15) is 6.92 Å². The first-order valence-electron chi connectivity index (χ1n) is 2.46. The predicted molar refractivity (Wildman–Crippen MR) is 43.6 cm³/mol. The molecule has 15 heavy (non-hydrogen) atoms. The van der Waals surface area contributed by atoms with Crippen LogP contribution in [0.5, 0.6) is 0 Å². The second kappa shape index (κ2) is 7.46. The minimum atomic E-state index is -5.02. The molecule has 0 unspecified atom stereocenters. The predicted octanol–water partition coefficient (Wildman–Crippen LogP) is -1.21. The molecule has 94 valence electrons. The van der Waals surface area contributed by atoms with Crippen molar-refractivity contribution in [3.05, 3.63) is 0 Å². The SMILES string of the molecule is CC(=O)O.N.O=S(=O)(O)OOS(=O)(=O)O. The highest BCUT2D eigenvalue weighted by atomic mass is 32.3. The second-order valence-corrected chi connectivity index (χ2v) is 3.49. The van der Waals surface area contributed by atoms with Crippen LogP contribution < -0.4 is 6.15 Å². The molecule has 0 aromatic rings. The Labute approximate surface area is 85.0 Å². The molecule has 0 fully saturated rings. The molecule has 0 rings (SSSR count). The third kappa shape index (κ3) is 43.2. The first-order valence-corrected chi connectivity index (χ1v) is 5.19. The monoisotopic (exact) mass is 271 g/mol. The van der Waals surface area contributed by atoms with Gasteiger partial charge >= 0.3 is 20.8 Å². The van der Waals surface area contributed by atoms with Crippen molar-refractivity contribution >= 4 is 26.8 Å². The first kappa shape index (κ1) is 19.7. The fourth-order valence-electron chi connectivity index (χ4n) is 0.0702. The van der Waals surface area contributed by atoms with E-state index >= 15 is 0 Å². The number of carbonyl (C=O) groups is 1. The van der Waals surface area contributed by atoms with Crippen LogP contribution >= 0.6 is 0 Å². The average Bonchev–Trinajstić information content (AvgIpc) is 1.79. The number of carboxylic acids is 1. The van der Waals surface area contributed by atoms with Gasteiger partial charge in [0.25, 0.3) is 5.97 Å². The third-order valence-corrected chi connectivity index (χ3v) is 0.766. The summed E-state index contributed by atoms with van der Waals surface area (Å²) in [6, 6.07) is 0. The van der Waals surface area contributed by atoms with Gasteiger partial charge in [0.15, 0.2) is 0 Å². The van der Waals surface area contributed by atoms with Crippen molar-refractivity contribution in [1.82, 2.24) is 6.15 Å². The van der Waals surface area contributed by atoms with Gasteiger partial charge in [0.1, 0.15) is 0 Å². The molecule has 0 aliphatic rings. The molecule has 0 saturated heterocycles. The van der Waals surface area contributed by atoms with Gasteiger partial charge in [-0.2, -0.15) is 16.8 Å². The lowest BCUT2D eigenvalue weighted by molar-refractivity contribution is -0.134. The number of hydrogen-bond donors (Lipinski definition) is 4. The van der Waals surface area contributed by atoms with Crippen LogP contribution in [-0.4, -0.2) is 37.0 Å². The zero-order valence-electron chi connectivity index (χ0n) is 7.22. The fourth-order valence-corrected chi connectivity index (χ4v) is 0.632. The van der Waals surface area contributed by atoms with Crippen LogP contribution in [0.3, 0.4) is 0 Å². The molecule has 0 saturated carbocycles. The zero-order valence-corrected chi connectivity index (χ0v) is 8.86. The minimum absolute atomic E-state index is 0. The Hall–Kier alpha value is -0.830. The van der Waals surface area contributed by atoms with E-state index in [1.807, 2.05) is 0 Å². The fraction of sp³-hybridized carbons (Fsp3) is 0.500. The van der Waals surface area contributed by atoms with Crippen molar-refractivity contribution in [3.63, 3.8) is 0 Å². The molecule has 0 aliphatic carbocycles. The van der Waals surface area contributed by atoms with E-state index in [2.05, 4.69) is 8.67 Å². The van der Waals surface area contributed by atoms with E-state index in [1.165, 1.54) is 0 Å². The summed E-state index contributed by atoms with van der Waals surface area (Å²) < 4.78 is 58.9. The summed E-state index contributed by atoms with van der Waals surface area (Å²) in [6.45, 7) is 1.08. The Morgan fingerprint density at radius 2 is 1.13 bits per heavy atom. The highest BCUT2D eigenvalue weighted by Crippen LogP contribution is 1.92. The van der Waals surface area contributed by atoms with Gasteiger partial charge in [-0.1, -0.05) is 8.67 Å². The Kier molecular flexibility index (Phi) is 9.80. The maximum atomic E-state index is 9.51. The molecule has 0 bridgehead atoms. The topological polar surface area (TPSA) is 199 Å². The molecule has 0 aromatic carbocycles. The molecular weight excluding hydrogens is 262 g/mol. The first-order chi connectivity index (χ1) is 5.94. The van der Waals surface area contributed by atoms with Crippen LogP contribution in [-0.2, 0) is 34.3 Å². The summed E-state index contributed by atoms with van der Waals surface area (Å²) in [6.07, 6.45) is 0. The van der Waals surface area contributed by atoms with E-state index in [1.54, 1.807) is 0 Å². The summed E-state index contributed by atoms with van der Waals surface area (Å²) in [5.74, 6) is -0.833. The summed E-state index contributed by atoms with van der Waals surface area (Å²) in [4.78, 5) is 9.00. The molecule has 13 heteroatoms. The molecule has 0 spiro atoms. The molecule has 0 radical (unpaired) electrons. The summed E-state index contributed by atoms with van der Waals surface area (Å²) in [7, 11) is -10.0. The van der Waals surface area contributed by atoms with Crippen LogP contribution in [0.2, 0.25) is 0 Å². The van der Waals surface area contributed by atoms with Crippen LogP contribution in [0.15, 0.2) is 0 Å². The minimum Gasteiger partial charge on any atom is -0.481 e. The molecule has 0 heterocycles. The molecule has 0 aromatic heterocycles. The Morgan fingerprint density at radius 1 is 1.00 bits per heavy atom. The van der Waals surface area contributed by atoms with Gasteiger partial charge in [-0.25, -0.2) is 0 Å². The molecule has 0 atom stereocenters. The Bertz CT molecular complexity index is 328. The van der Waals surface area contributed by atoms with Gasteiger partial charge in [0.2, 0.25) is 0 Å². The number of aliphatic carboxylic acids is 1. The van der Waals surface area contributed by atoms with Gasteiger partial charge in [0.05, 0.1) is 0 Å². The van der Waals surface area contributed by atoms with Crippen LogP contribution in [0.4, 0.5) is 0 Å². The quantitative estimate of drug-likeness (QED) is 0.272. The lowest BCUT2D eigenvalue weighted by Crippen LogP contribution is -2.10. The van der Waals surface area contributed by atoms with Crippen molar-refractivity contribution in [1.29, 1.82) is 0 Å². The normalized spacial score (nSPS) is 10.6. The summed E-state index contributed by atoms with van der Waals surface area (Å²) in [5, 5.41) is 7.42. The maximum Gasteiger partial charge on any atom is 0.425 e. The van der Waals surface area contributed by atoms with Crippen molar-refractivity contribution in [2.24, 2.45) is 0 Å². The third-order valence-electron chi connectivity index (χ3n) is 0.200. The lowest BCUT2D eigenvalue weighted by atomic mass is 10.9. The van der Waals surface area contributed by atoms with E-state index in [0.29, 0.717) is 0 Å². The van der Waals surface area contributed by atoms with Crippen molar-refractivity contribution in [2.45, 2.75) is 6.92 Å². The zero-order chi connectivity index (χ0) is 12.0. The molecule has 6 N–H and O–H groups in total. The van der Waals surface area contributed by atoms with Crippen molar-refractivity contribution in [2.75, 3.05) is 0 Å². The smallest absolute Gasteiger partial charge is 0.425 e. The maximum absolute atomic E-state index is 9.51.